The molecule has 2 amide bonds. The van der Waals surface area contributed by atoms with Gasteiger partial charge < -0.3 is 10.2 Å². The van der Waals surface area contributed by atoms with Crippen LogP contribution in [0.2, 0.25) is 0 Å². The molecule has 3 rings (SSSR count). The Balaban J connectivity index is 1.50. The van der Waals surface area contributed by atoms with E-state index in [1.165, 1.54) is 35.6 Å². The number of carbonyl (C=O) groups is 2. The lowest BCUT2D eigenvalue weighted by atomic mass is 9.95. The Morgan fingerprint density at radius 2 is 1.96 bits per heavy atom. The highest BCUT2D eigenvalue weighted by atomic mass is 32.2. The number of aromatic nitrogens is 2. The second kappa shape index (κ2) is 9.47. The minimum absolute atomic E-state index is 0.0786. The van der Waals surface area contributed by atoms with Crippen LogP contribution in [-0.2, 0) is 4.79 Å². The third kappa shape index (κ3) is 5.29. The molecule has 28 heavy (non-hydrogen) atoms. The van der Waals surface area contributed by atoms with E-state index in [9.17, 15) is 14.0 Å². The average molecular weight is 423 g/mol. The Morgan fingerprint density at radius 1 is 1.29 bits per heavy atom. The minimum atomic E-state index is -0.366. The van der Waals surface area contributed by atoms with Crippen LogP contribution in [0.25, 0.3) is 0 Å². The van der Waals surface area contributed by atoms with Crippen LogP contribution in [0.1, 0.15) is 43.5 Å². The molecule has 150 valence electrons. The maximum atomic E-state index is 13.0. The van der Waals surface area contributed by atoms with Crippen molar-refractivity contribution in [3.63, 3.8) is 0 Å². The van der Waals surface area contributed by atoms with E-state index < -0.39 is 0 Å². The fourth-order valence-corrected chi connectivity index (χ4v) is 4.89. The summed E-state index contributed by atoms with van der Waals surface area (Å²) < 4.78 is 13.9. The Kier molecular flexibility index (Phi) is 7.01. The molecule has 1 N–H and O–H groups in total. The summed E-state index contributed by atoms with van der Waals surface area (Å²) in [5.74, 6) is -0.735. The molecule has 1 aromatic carbocycles. The van der Waals surface area contributed by atoms with E-state index in [4.69, 9.17) is 0 Å². The monoisotopic (exact) mass is 422 g/mol. The van der Waals surface area contributed by atoms with Crippen LogP contribution in [-0.4, -0.2) is 45.3 Å². The highest BCUT2D eigenvalue weighted by Gasteiger charge is 2.28. The third-order valence-electron chi connectivity index (χ3n) is 4.76. The topological polar surface area (TPSA) is 75.2 Å². The normalized spacial score (nSPS) is 16.0. The van der Waals surface area contributed by atoms with Crippen molar-refractivity contribution in [2.75, 3.05) is 18.4 Å². The molecule has 0 aliphatic carbocycles. The zero-order chi connectivity index (χ0) is 20.1. The molecule has 0 bridgehead atoms. The highest BCUT2D eigenvalue weighted by molar-refractivity contribution is 8.01. The van der Waals surface area contributed by atoms with Gasteiger partial charge in [0.15, 0.2) is 4.34 Å². The summed E-state index contributed by atoms with van der Waals surface area (Å²) in [6.45, 7) is 5.25. The number of amides is 2. The van der Waals surface area contributed by atoms with Crippen molar-refractivity contribution in [2.24, 2.45) is 5.92 Å². The number of halogens is 1. The van der Waals surface area contributed by atoms with Crippen molar-refractivity contribution in [1.29, 1.82) is 0 Å². The molecule has 0 radical (unpaired) electrons. The maximum absolute atomic E-state index is 13.0. The van der Waals surface area contributed by atoms with E-state index in [2.05, 4.69) is 29.4 Å². The summed E-state index contributed by atoms with van der Waals surface area (Å²) in [5.41, 5.74) is 0.462. The molecule has 1 unspecified atom stereocenters. The van der Waals surface area contributed by atoms with Gasteiger partial charge in [-0.05, 0) is 43.5 Å². The molecular formula is C19H23FN4O2S2. The Labute approximate surface area is 171 Å². The summed E-state index contributed by atoms with van der Waals surface area (Å²) in [6.07, 6.45) is 2.22. The van der Waals surface area contributed by atoms with E-state index in [-0.39, 0.29) is 23.5 Å². The van der Waals surface area contributed by atoms with E-state index in [1.807, 2.05) is 0 Å². The summed E-state index contributed by atoms with van der Waals surface area (Å²) in [6, 6.07) is 5.54. The van der Waals surface area contributed by atoms with Crippen molar-refractivity contribution < 1.29 is 14.0 Å². The standard InChI is InChI=1S/C19H23FN4O2S2/c1-3-12(2)27-19-23-22-18(28-19)21-16(25)13-8-10-24(11-9-13)17(26)14-4-6-15(20)7-5-14/h4-7,12-13H,3,8-11H2,1-2H3,(H,21,22,25). The van der Waals surface area contributed by atoms with Crippen molar-refractivity contribution in [1.82, 2.24) is 15.1 Å². The molecule has 1 aromatic heterocycles. The molecule has 1 aliphatic rings. The number of hydrogen-bond donors (Lipinski definition) is 1. The number of carbonyl (C=O) groups excluding carboxylic acids is 2. The van der Waals surface area contributed by atoms with Crippen molar-refractivity contribution in [2.45, 2.75) is 42.7 Å². The number of thioether (sulfide) groups is 1. The van der Waals surface area contributed by atoms with Gasteiger partial charge in [-0.15, -0.1) is 10.2 Å². The Hall–Kier alpha value is -2.00. The second-order valence-corrected chi connectivity index (χ2v) is 9.44. The van der Waals surface area contributed by atoms with Crippen LogP contribution in [0.15, 0.2) is 28.6 Å². The first-order chi connectivity index (χ1) is 13.5. The largest absolute Gasteiger partial charge is 0.339 e. The molecule has 1 saturated heterocycles. The van der Waals surface area contributed by atoms with Crippen LogP contribution < -0.4 is 5.32 Å². The van der Waals surface area contributed by atoms with Gasteiger partial charge in [-0.25, -0.2) is 4.39 Å². The number of hydrogen-bond acceptors (Lipinski definition) is 6. The fourth-order valence-electron chi connectivity index (χ4n) is 2.89. The number of benzene rings is 1. The summed E-state index contributed by atoms with van der Waals surface area (Å²) >= 11 is 3.04. The number of likely N-dealkylation sites (tertiary alicyclic amines) is 1. The van der Waals surface area contributed by atoms with E-state index >= 15 is 0 Å². The van der Waals surface area contributed by atoms with Gasteiger partial charge >= 0.3 is 0 Å². The first-order valence-corrected chi connectivity index (χ1v) is 11.0. The molecule has 1 fully saturated rings. The number of nitrogens with one attached hydrogen (secondary N) is 1. The summed E-state index contributed by atoms with van der Waals surface area (Å²) in [4.78, 5) is 26.7. The van der Waals surface area contributed by atoms with Crippen molar-refractivity contribution >= 4 is 40.0 Å². The number of anilines is 1. The van der Waals surface area contributed by atoms with Gasteiger partial charge in [-0.3, -0.25) is 9.59 Å². The number of piperidine rings is 1. The molecular weight excluding hydrogens is 399 g/mol. The predicted molar refractivity (Wildman–Crippen MR) is 109 cm³/mol. The minimum Gasteiger partial charge on any atom is -0.339 e. The van der Waals surface area contributed by atoms with Gasteiger partial charge in [0.2, 0.25) is 11.0 Å². The Bertz CT molecular complexity index is 820. The van der Waals surface area contributed by atoms with E-state index in [1.54, 1.807) is 16.7 Å². The van der Waals surface area contributed by atoms with E-state index in [0.29, 0.717) is 41.9 Å². The van der Waals surface area contributed by atoms with Crippen molar-refractivity contribution in [3.8, 4) is 0 Å². The van der Waals surface area contributed by atoms with Crippen LogP contribution in [0.4, 0.5) is 9.52 Å². The molecule has 2 heterocycles. The average Bonchev–Trinajstić information content (AvgIpc) is 3.14. The summed E-state index contributed by atoms with van der Waals surface area (Å²) in [7, 11) is 0. The maximum Gasteiger partial charge on any atom is 0.253 e. The molecule has 1 atom stereocenters. The zero-order valence-corrected chi connectivity index (χ0v) is 17.5. The van der Waals surface area contributed by atoms with E-state index in [0.717, 1.165) is 10.8 Å². The molecule has 9 heteroatoms. The third-order valence-corrected chi connectivity index (χ3v) is 6.95. The predicted octanol–water partition coefficient (Wildman–Crippen LogP) is 4.06. The van der Waals surface area contributed by atoms with Gasteiger partial charge in [-0.1, -0.05) is 36.9 Å². The first kappa shape index (κ1) is 20.7. The highest BCUT2D eigenvalue weighted by Crippen LogP contribution is 2.30. The molecule has 1 aliphatic heterocycles. The fraction of sp³-hybridized carbons (Fsp3) is 0.474. The van der Waals surface area contributed by atoms with Gasteiger partial charge in [0, 0.05) is 29.8 Å². The molecule has 6 nitrogen and oxygen atoms in total. The van der Waals surface area contributed by atoms with Gasteiger partial charge in [0.05, 0.1) is 0 Å². The summed E-state index contributed by atoms with van der Waals surface area (Å²) in [5, 5.41) is 12.0. The van der Waals surface area contributed by atoms with Gasteiger partial charge in [0.1, 0.15) is 5.82 Å². The van der Waals surface area contributed by atoms with Crippen LogP contribution in [0.5, 0.6) is 0 Å². The van der Waals surface area contributed by atoms with Crippen LogP contribution in [0.3, 0.4) is 0 Å². The smallest absolute Gasteiger partial charge is 0.253 e. The lowest BCUT2D eigenvalue weighted by Gasteiger charge is -2.31. The van der Waals surface area contributed by atoms with Crippen molar-refractivity contribution in [3.05, 3.63) is 35.6 Å². The number of nitrogens with zero attached hydrogens (tertiary/aromatic N) is 3. The SMILES string of the molecule is CCC(C)Sc1nnc(NC(=O)C2CCN(C(=O)c3ccc(F)cc3)CC2)s1. The van der Waals surface area contributed by atoms with Crippen LogP contribution in [0, 0.1) is 11.7 Å². The molecule has 0 saturated carbocycles. The Morgan fingerprint density at radius 3 is 2.61 bits per heavy atom. The van der Waals surface area contributed by atoms with Crippen LogP contribution >= 0.6 is 23.1 Å². The molecule has 2 aromatic rings. The zero-order valence-electron chi connectivity index (χ0n) is 15.9. The lowest BCUT2D eigenvalue weighted by Crippen LogP contribution is -2.41. The van der Waals surface area contributed by atoms with Gasteiger partial charge in [0.25, 0.3) is 5.91 Å². The van der Waals surface area contributed by atoms with Gasteiger partial charge in [-0.2, -0.15) is 0 Å². The molecule has 0 spiro atoms. The number of rotatable bonds is 6. The first-order valence-electron chi connectivity index (χ1n) is 9.32. The quantitative estimate of drug-likeness (QED) is 0.561. The second-order valence-electron chi connectivity index (χ2n) is 6.77. The lowest BCUT2D eigenvalue weighted by molar-refractivity contribution is -0.121.